The monoisotopic (exact) mass is 206 g/mol. The van der Waals surface area contributed by atoms with E-state index in [1.807, 2.05) is 30.3 Å². The number of nitrogens with zero attached hydrogens (tertiary/aromatic N) is 1. The minimum absolute atomic E-state index is 0.119. The maximum Gasteiger partial charge on any atom is 0.0618 e. The van der Waals surface area contributed by atoms with Crippen molar-refractivity contribution in [3.8, 4) is 0 Å². The minimum Gasteiger partial charge on any atom is -0.550 e. The van der Waals surface area contributed by atoms with Crippen molar-refractivity contribution in [2.24, 2.45) is 5.16 Å². The number of carbonyl (C=O) groups excluding carboxylic acids is 1. The highest BCUT2D eigenvalue weighted by Crippen LogP contribution is 2.04. The lowest BCUT2D eigenvalue weighted by Crippen LogP contribution is -2.23. The van der Waals surface area contributed by atoms with Gasteiger partial charge in [-0.05, 0) is 18.4 Å². The zero-order valence-corrected chi connectivity index (χ0v) is 8.22. The van der Waals surface area contributed by atoms with E-state index >= 15 is 0 Å². The molecule has 0 fully saturated rings. The van der Waals surface area contributed by atoms with E-state index < -0.39 is 5.97 Å². The van der Waals surface area contributed by atoms with Crippen LogP contribution in [0.2, 0.25) is 0 Å². The Morgan fingerprint density at radius 1 is 1.27 bits per heavy atom. The molecule has 4 heteroatoms. The first-order chi connectivity index (χ1) is 7.22. The van der Waals surface area contributed by atoms with Crippen LogP contribution >= 0.6 is 0 Å². The van der Waals surface area contributed by atoms with E-state index in [1.165, 1.54) is 0 Å². The molecule has 0 aliphatic heterocycles. The molecule has 0 aromatic heterocycles. The van der Waals surface area contributed by atoms with Crippen molar-refractivity contribution >= 4 is 11.7 Å². The van der Waals surface area contributed by atoms with Gasteiger partial charge in [0.25, 0.3) is 0 Å². The van der Waals surface area contributed by atoms with Crippen LogP contribution in [0.5, 0.6) is 0 Å². The fourth-order valence-corrected chi connectivity index (χ4v) is 1.25. The molecule has 0 amide bonds. The third-order valence-electron chi connectivity index (χ3n) is 2.01. The molecule has 0 unspecified atom stereocenters. The lowest BCUT2D eigenvalue weighted by Gasteiger charge is -2.05. The van der Waals surface area contributed by atoms with Crippen LogP contribution in [0.25, 0.3) is 0 Å². The van der Waals surface area contributed by atoms with Gasteiger partial charge >= 0.3 is 0 Å². The zero-order valence-electron chi connectivity index (χ0n) is 8.22. The number of hydrogen-bond donors (Lipinski definition) is 1. The van der Waals surface area contributed by atoms with Crippen molar-refractivity contribution < 1.29 is 15.1 Å². The Balaban J connectivity index is 2.52. The van der Waals surface area contributed by atoms with Gasteiger partial charge in [-0.15, -0.1) is 0 Å². The molecule has 1 N–H and O–H groups in total. The second kappa shape index (κ2) is 5.80. The Labute approximate surface area is 87.9 Å². The Hall–Kier alpha value is -1.84. The van der Waals surface area contributed by atoms with Crippen molar-refractivity contribution in [2.45, 2.75) is 19.3 Å². The van der Waals surface area contributed by atoms with Crippen molar-refractivity contribution in [1.29, 1.82) is 0 Å². The summed E-state index contributed by atoms with van der Waals surface area (Å²) in [5.74, 6) is -1.13. The molecule has 1 aromatic carbocycles. The maximum absolute atomic E-state index is 10.2. The molecule has 0 radical (unpaired) electrons. The van der Waals surface area contributed by atoms with Crippen LogP contribution in [0, 0.1) is 0 Å². The number of oxime groups is 1. The van der Waals surface area contributed by atoms with E-state index in [2.05, 4.69) is 5.16 Å². The van der Waals surface area contributed by atoms with Gasteiger partial charge in [-0.1, -0.05) is 35.5 Å². The third-order valence-corrected chi connectivity index (χ3v) is 2.01. The van der Waals surface area contributed by atoms with Crippen molar-refractivity contribution in [3.05, 3.63) is 35.9 Å². The van der Waals surface area contributed by atoms with E-state index in [1.54, 1.807) is 0 Å². The Morgan fingerprint density at radius 2 is 1.93 bits per heavy atom. The van der Waals surface area contributed by atoms with Gasteiger partial charge in [-0.3, -0.25) is 0 Å². The number of hydrogen-bond acceptors (Lipinski definition) is 4. The van der Waals surface area contributed by atoms with Crippen LogP contribution in [0.1, 0.15) is 18.4 Å². The summed E-state index contributed by atoms with van der Waals surface area (Å²) in [6.45, 7) is 0. The summed E-state index contributed by atoms with van der Waals surface area (Å²) in [6, 6.07) is 9.43. The minimum atomic E-state index is -1.13. The van der Waals surface area contributed by atoms with E-state index in [-0.39, 0.29) is 12.8 Å². The summed E-state index contributed by atoms with van der Waals surface area (Å²) in [4.78, 5) is 10.2. The van der Waals surface area contributed by atoms with E-state index in [9.17, 15) is 9.90 Å². The van der Waals surface area contributed by atoms with Gasteiger partial charge in [0, 0.05) is 12.4 Å². The van der Waals surface area contributed by atoms with Crippen molar-refractivity contribution in [3.63, 3.8) is 0 Å². The fraction of sp³-hybridized carbons (Fsp3) is 0.273. The molecule has 0 atom stereocenters. The Kier molecular flexibility index (Phi) is 4.34. The first-order valence-corrected chi connectivity index (χ1v) is 4.66. The Bertz CT molecular complexity index is 346. The zero-order chi connectivity index (χ0) is 11.1. The molecule has 0 heterocycles. The van der Waals surface area contributed by atoms with Crippen LogP contribution < -0.4 is 5.11 Å². The topological polar surface area (TPSA) is 72.7 Å². The summed E-state index contributed by atoms with van der Waals surface area (Å²) in [5, 5.41) is 22.0. The highest BCUT2D eigenvalue weighted by Gasteiger charge is 2.02. The average molecular weight is 206 g/mol. The molecule has 1 aromatic rings. The SMILES string of the molecule is O=C([O-])CC/C(Cc1ccccc1)=N/O. The lowest BCUT2D eigenvalue weighted by molar-refractivity contribution is -0.305. The summed E-state index contributed by atoms with van der Waals surface area (Å²) in [5.41, 5.74) is 1.44. The molecule has 4 nitrogen and oxygen atoms in total. The molecule has 1 rings (SSSR count). The highest BCUT2D eigenvalue weighted by atomic mass is 16.4. The number of aliphatic carboxylic acids is 1. The molecule has 0 aliphatic carbocycles. The van der Waals surface area contributed by atoms with Crippen LogP contribution in [0.15, 0.2) is 35.5 Å². The van der Waals surface area contributed by atoms with Gasteiger partial charge in [-0.2, -0.15) is 0 Å². The number of benzene rings is 1. The largest absolute Gasteiger partial charge is 0.550 e. The number of carbonyl (C=O) groups is 1. The van der Waals surface area contributed by atoms with Gasteiger partial charge in [-0.25, -0.2) is 0 Å². The standard InChI is InChI=1S/C11H13NO3/c13-11(14)7-6-10(12-15)8-9-4-2-1-3-5-9/h1-5,15H,6-8H2,(H,13,14)/p-1/b12-10-. The molecule has 80 valence electrons. The van der Waals surface area contributed by atoms with Crippen LogP contribution in [-0.2, 0) is 11.2 Å². The maximum atomic E-state index is 10.2. The quantitative estimate of drug-likeness (QED) is 0.435. The predicted molar refractivity (Wildman–Crippen MR) is 53.6 cm³/mol. The van der Waals surface area contributed by atoms with Crippen LogP contribution in [0.3, 0.4) is 0 Å². The number of carboxylic acid groups (broad SMARTS) is 1. The van der Waals surface area contributed by atoms with Crippen molar-refractivity contribution in [1.82, 2.24) is 0 Å². The van der Waals surface area contributed by atoms with E-state index in [0.29, 0.717) is 12.1 Å². The number of carboxylic acids is 1. The second-order valence-corrected chi connectivity index (χ2v) is 3.20. The molecular formula is C11H12NO3-. The molecule has 0 aliphatic rings. The predicted octanol–water partition coefficient (Wildman–Crippen LogP) is 0.589. The smallest absolute Gasteiger partial charge is 0.0618 e. The number of rotatable bonds is 5. The van der Waals surface area contributed by atoms with Gasteiger partial charge in [0.2, 0.25) is 0 Å². The highest BCUT2D eigenvalue weighted by molar-refractivity contribution is 5.88. The Morgan fingerprint density at radius 3 is 2.47 bits per heavy atom. The molecule has 0 spiro atoms. The third kappa shape index (κ3) is 4.26. The summed E-state index contributed by atoms with van der Waals surface area (Å²) >= 11 is 0. The van der Waals surface area contributed by atoms with E-state index in [4.69, 9.17) is 5.21 Å². The summed E-state index contributed by atoms with van der Waals surface area (Å²) in [7, 11) is 0. The van der Waals surface area contributed by atoms with Crippen molar-refractivity contribution in [2.75, 3.05) is 0 Å². The first-order valence-electron chi connectivity index (χ1n) is 4.66. The molecule has 0 saturated carbocycles. The second-order valence-electron chi connectivity index (χ2n) is 3.20. The molecule has 0 saturated heterocycles. The van der Waals surface area contributed by atoms with Gasteiger partial charge < -0.3 is 15.1 Å². The molecular weight excluding hydrogens is 194 g/mol. The van der Waals surface area contributed by atoms with Crippen LogP contribution in [0.4, 0.5) is 0 Å². The van der Waals surface area contributed by atoms with Gasteiger partial charge in [0.1, 0.15) is 0 Å². The summed E-state index contributed by atoms with van der Waals surface area (Å²) < 4.78 is 0. The molecule has 0 bridgehead atoms. The normalized spacial score (nSPS) is 11.3. The fourth-order valence-electron chi connectivity index (χ4n) is 1.25. The molecule has 15 heavy (non-hydrogen) atoms. The first kappa shape index (κ1) is 11.2. The van der Waals surface area contributed by atoms with E-state index in [0.717, 1.165) is 5.56 Å². The average Bonchev–Trinajstić information content (AvgIpc) is 2.25. The van der Waals surface area contributed by atoms with Crippen LogP contribution in [-0.4, -0.2) is 16.9 Å². The summed E-state index contributed by atoms with van der Waals surface area (Å²) in [6.07, 6.45) is 0.560. The van der Waals surface area contributed by atoms with Gasteiger partial charge in [0.05, 0.1) is 5.71 Å². The lowest BCUT2D eigenvalue weighted by atomic mass is 10.1. The van der Waals surface area contributed by atoms with Gasteiger partial charge in [0.15, 0.2) is 0 Å².